The third-order valence-corrected chi connectivity index (χ3v) is 4.01. The molecule has 0 spiro atoms. The molecule has 0 saturated carbocycles. The molecule has 1 amide bonds. The van der Waals surface area contributed by atoms with Gasteiger partial charge in [0.1, 0.15) is 0 Å². The van der Waals surface area contributed by atoms with Gasteiger partial charge in [0.2, 0.25) is 5.91 Å². The molecule has 0 bridgehead atoms. The summed E-state index contributed by atoms with van der Waals surface area (Å²) in [7, 11) is 1.64. The standard InChI is InChI=1S/C14H16ClN3O2S/c1-20-8-2-7-18-13(19)10-21-14(18)17-16-9-11-3-5-12(15)6-4-11/h3-6,9H,2,7-8,10H2,1H3/b16-9+,17-14+. The number of carbonyl (C=O) groups is 1. The summed E-state index contributed by atoms with van der Waals surface area (Å²) >= 11 is 7.22. The summed E-state index contributed by atoms with van der Waals surface area (Å²) < 4.78 is 5.00. The Hall–Kier alpha value is -1.37. The molecule has 0 N–H and O–H groups in total. The number of rotatable bonds is 6. The zero-order chi connectivity index (χ0) is 15.1. The number of ether oxygens (including phenoxy) is 1. The van der Waals surface area contributed by atoms with E-state index >= 15 is 0 Å². The quantitative estimate of drug-likeness (QED) is 0.459. The Kier molecular flexibility index (Phi) is 6.22. The highest BCUT2D eigenvalue weighted by Crippen LogP contribution is 2.19. The minimum Gasteiger partial charge on any atom is -0.385 e. The number of hydrogen-bond acceptors (Lipinski definition) is 5. The topological polar surface area (TPSA) is 54.3 Å². The molecule has 7 heteroatoms. The molecule has 1 heterocycles. The van der Waals surface area contributed by atoms with Crippen LogP contribution < -0.4 is 0 Å². The van der Waals surface area contributed by atoms with Crippen LogP contribution in [0.2, 0.25) is 5.02 Å². The van der Waals surface area contributed by atoms with Crippen LogP contribution in [0, 0.1) is 0 Å². The Morgan fingerprint density at radius 3 is 2.90 bits per heavy atom. The second kappa shape index (κ2) is 8.17. The van der Waals surface area contributed by atoms with E-state index in [0.29, 0.717) is 29.1 Å². The molecule has 1 aromatic rings. The maximum atomic E-state index is 11.8. The monoisotopic (exact) mass is 325 g/mol. The fraction of sp³-hybridized carbons (Fsp3) is 0.357. The smallest absolute Gasteiger partial charge is 0.239 e. The molecule has 0 atom stereocenters. The Bertz CT molecular complexity index is 546. The first-order chi connectivity index (χ1) is 10.2. The fourth-order valence-corrected chi connectivity index (χ4v) is 2.74. The lowest BCUT2D eigenvalue weighted by atomic mass is 10.2. The van der Waals surface area contributed by atoms with Crippen molar-refractivity contribution in [3.05, 3.63) is 34.9 Å². The Balaban J connectivity index is 1.98. The van der Waals surface area contributed by atoms with Gasteiger partial charge in [-0.2, -0.15) is 5.10 Å². The molecule has 112 valence electrons. The van der Waals surface area contributed by atoms with E-state index in [9.17, 15) is 4.79 Å². The highest BCUT2D eigenvalue weighted by Gasteiger charge is 2.27. The van der Waals surface area contributed by atoms with Crippen LogP contribution in [0.15, 0.2) is 34.5 Å². The van der Waals surface area contributed by atoms with Gasteiger partial charge in [-0.3, -0.25) is 9.69 Å². The van der Waals surface area contributed by atoms with Crippen LogP contribution in [0.3, 0.4) is 0 Å². The predicted molar refractivity (Wildman–Crippen MR) is 87.1 cm³/mol. The molecular weight excluding hydrogens is 310 g/mol. The molecule has 1 aromatic carbocycles. The third kappa shape index (κ3) is 4.84. The van der Waals surface area contributed by atoms with Crippen LogP contribution in [0.25, 0.3) is 0 Å². The van der Waals surface area contributed by atoms with Crippen LogP contribution >= 0.6 is 23.4 Å². The maximum absolute atomic E-state index is 11.8. The Morgan fingerprint density at radius 2 is 2.19 bits per heavy atom. The predicted octanol–water partition coefficient (Wildman–Crippen LogP) is 2.64. The molecule has 0 aromatic heterocycles. The van der Waals surface area contributed by atoms with Gasteiger partial charge in [-0.15, -0.1) is 5.10 Å². The van der Waals surface area contributed by atoms with Crippen LogP contribution in [0.1, 0.15) is 12.0 Å². The average molecular weight is 326 g/mol. The van der Waals surface area contributed by atoms with E-state index in [1.54, 1.807) is 30.4 Å². The summed E-state index contributed by atoms with van der Waals surface area (Å²) in [6.07, 6.45) is 2.42. The highest BCUT2D eigenvalue weighted by molar-refractivity contribution is 8.15. The van der Waals surface area contributed by atoms with Gasteiger partial charge in [-0.05, 0) is 24.1 Å². The van der Waals surface area contributed by atoms with Gasteiger partial charge in [0, 0.05) is 25.3 Å². The van der Waals surface area contributed by atoms with Crippen molar-refractivity contribution in [1.82, 2.24) is 4.90 Å². The fourth-order valence-electron chi connectivity index (χ4n) is 1.75. The van der Waals surface area contributed by atoms with Crippen molar-refractivity contribution in [2.45, 2.75) is 6.42 Å². The van der Waals surface area contributed by atoms with Crippen molar-refractivity contribution < 1.29 is 9.53 Å². The number of carbonyl (C=O) groups excluding carboxylic acids is 1. The van der Waals surface area contributed by atoms with Gasteiger partial charge in [0.05, 0.1) is 12.0 Å². The number of thioether (sulfide) groups is 1. The zero-order valence-electron chi connectivity index (χ0n) is 11.7. The van der Waals surface area contributed by atoms with Crippen LogP contribution in [0.5, 0.6) is 0 Å². The minimum absolute atomic E-state index is 0.0662. The van der Waals surface area contributed by atoms with E-state index in [-0.39, 0.29) is 5.91 Å². The number of hydrogen-bond donors (Lipinski definition) is 0. The number of methoxy groups -OCH3 is 1. The molecular formula is C14H16ClN3O2S. The summed E-state index contributed by atoms with van der Waals surface area (Å²) in [6, 6.07) is 7.30. The Morgan fingerprint density at radius 1 is 1.43 bits per heavy atom. The third-order valence-electron chi connectivity index (χ3n) is 2.81. The van der Waals surface area contributed by atoms with E-state index in [4.69, 9.17) is 16.3 Å². The lowest BCUT2D eigenvalue weighted by Crippen LogP contribution is -2.31. The summed E-state index contributed by atoms with van der Waals surface area (Å²) in [4.78, 5) is 13.4. The number of nitrogens with zero attached hydrogens (tertiary/aromatic N) is 3. The van der Waals surface area contributed by atoms with Crippen molar-refractivity contribution in [3.63, 3.8) is 0 Å². The summed E-state index contributed by atoms with van der Waals surface area (Å²) in [6.45, 7) is 1.23. The molecule has 2 rings (SSSR count). The summed E-state index contributed by atoms with van der Waals surface area (Å²) in [5.41, 5.74) is 0.906. The van der Waals surface area contributed by atoms with E-state index in [0.717, 1.165) is 12.0 Å². The van der Waals surface area contributed by atoms with Crippen molar-refractivity contribution in [2.75, 3.05) is 26.0 Å². The summed E-state index contributed by atoms with van der Waals surface area (Å²) in [5.74, 6) is 0.485. The van der Waals surface area contributed by atoms with E-state index in [2.05, 4.69) is 10.2 Å². The van der Waals surface area contributed by atoms with Crippen molar-refractivity contribution in [2.24, 2.45) is 10.2 Å². The van der Waals surface area contributed by atoms with Gasteiger partial charge in [0.25, 0.3) is 0 Å². The molecule has 1 aliphatic heterocycles. The van der Waals surface area contributed by atoms with Gasteiger partial charge in [-0.25, -0.2) is 0 Å². The van der Waals surface area contributed by atoms with Crippen LogP contribution in [0.4, 0.5) is 0 Å². The minimum atomic E-state index is 0.0662. The van der Waals surface area contributed by atoms with Crippen molar-refractivity contribution in [1.29, 1.82) is 0 Å². The molecule has 0 radical (unpaired) electrons. The number of amides is 1. The van der Waals surface area contributed by atoms with Gasteiger partial charge >= 0.3 is 0 Å². The number of amidine groups is 1. The van der Waals surface area contributed by atoms with E-state index < -0.39 is 0 Å². The molecule has 1 aliphatic rings. The van der Waals surface area contributed by atoms with Crippen LogP contribution in [-0.4, -0.2) is 48.2 Å². The normalized spacial score (nSPS) is 17.3. The average Bonchev–Trinajstić information content (AvgIpc) is 2.83. The summed E-state index contributed by atoms with van der Waals surface area (Å²) in [5, 5.41) is 9.49. The largest absolute Gasteiger partial charge is 0.385 e. The number of halogens is 1. The van der Waals surface area contributed by atoms with Crippen molar-refractivity contribution >= 4 is 40.7 Å². The second-order valence-corrected chi connectivity index (χ2v) is 5.74. The lowest BCUT2D eigenvalue weighted by molar-refractivity contribution is -0.124. The van der Waals surface area contributed by atoms with E-state index in [1.165, 1.54) is 11.8 Å². The zero-order valence-corrected chi connectivity index (χ0v) is 13.2. The van der Waals surface area contributed by atoms with Gasteiger partial charge in [-0.1, -0.05) is 35.5 Å². The van der Waals surface area contributed by atoms with Crippen molar-refractivity contribution in [3.8, 4) is 0 Å². The number of benzene rings is 1. The van der Waals surface area contributed by atoms with Gasteiger partial charge < -0.3 is 4.74 Å². The molecule has 21 heavy (non-hydrogen) atoms. The SMILES string of the molecule is COCCCN1C(=O)CS/C1=N/N=C/c1ccc(Cl)cc1. The van der Waals surface area contributed by atoms with E-state index in [1.807, 2.05) is 12.1 Å². The molecule has 0 aliphatic carbocycles. The second-order valence-electron chi connectivity index (χ2n) is 4.36. The molecule has 5 nitrogen and oxygen atoms in total. The highest BCUT2D eigenvalue weighted by atomic mass is 35.5. The molecule has 0 unspecified atom stereocenters. The molecule has 1 fully saturated rings. The lowest BCUT2D eigenvalue weighted by Gasteiger charge is -2.14. The maximum Gasteiger partial charge on any atom is 0.239 e. The van der Waals surface area contributed by atoms with Crippen LogP contribution in [-0.2, 0) is 9.53 Å². The Labute approximate surface area is 133 Å². The first-order valence-electron chi connectivity index (χ1n) is 6.49. The first-order valence-corrected chi connectivity index (χ1v) is 7.86. The van der Waals surface area contributed by atoms with Gasteiger partial charge in [0.15, 0.2) is 5.17 Å². The molecule has 1 saturated heterocycles. The first kappa shape index (κ1) is 16.0.